The molecule has 2 aliphatic rings. The molecule has 16 heavy (non-hydrogen) atoms. The maximum Gasteiger partial charge on any atom is 0.317 e. The molecule has 1 saturated heterocycles. The van der Waals surface area contributed by atoms with Crippen LogP contribution < -0.4 is 0 Å². The van der Waals surface area contributed by atoms with Gasteiger partial charge in [-0.25, -0.2) is 0 Å². The Morgan fingerprint density at radius 3 is 2.75 bits per heavy atom. The molecule has 4 nitrogen and oxygen atoms in total. The fourth-order valence-corrected chi connectivity index (χ4v) is 2.32. The zero-order valence-corrected chi connectivity index (χ0v) is 9.99. The lowest BCUT2D eigenvalue weighted by molar-refractivity contribution is -0.405. The fourth-order valence-electron chi connectivity index (χ4n) is 2.32. The van der Waals surface area contributed by atoms with Crippen LogP contribution in [0.5, 0.6) is 0 Å². The molecule has 0 radical (unpaired) electrons. The molecule has 4 heteroatoms. The average molecular weight is 226 g/mol. The lowest BCUT2D eigenvalue weighted by Gasteiger charge is -2.43. The first kappa shape index (κ1) is 11.6. The van der Waals surface area contributed by atoms with Gasteiger partial charge in [0.05, 0.1) is 6.61 Å². The van der Waals surface area contributed by atoms with Gasteiger partial charge in [0.2, 0.25) is 0 Å². The van der Waals surface area contributed by atoms with Crippen molar-refractivity contribution in [2.24, 2.45) is 5.41 Å². The highest BCUT2D eigenvalue weighted by Crippen LogP contribution is 2.46. The van der Waals surface area contributed by atoms with Crippen molar-refractivity contribution < 1.29 is 19.0 Å². The average Bonchev–Trinajstić information content (AvgIpc) is 2.57. The van der Waals surface area contributed by atoms with E-state index in [-0.39, 0.29) is 12.3 Å². The second-order valence-corrected chi connectivity index (χ2v) is 4.48. The summed E-state index contributed by atoms with van der Waals surface area (Å²) >= 11 is 0. The van der Waals surface area contributed by atoms with Gasteiger partial charge in [-0.2, -0.15) is 0 Å². The summed E-state index contributed by atoms with van der Waals surface area (Å²) in [4.78, 5) is 12.0. The molecular weight excluding hydrogens is 208 g/mol. The standard InChI is InChI=1S/C12H18O4/c1-4-14-10(13)12(6-5-8(2)7-12)11-15-9(3)16-11/h5,9,11H,4,6-7H2,1-3H3. The first-order valence-electron chi connectivity index (χ1n) is 5.72. The minimum atomic E-state index is -0.646. The number of carbonyl (C=O) groups excluding carboxylic acids is 1. The molecule has 1 atom stereocenters. The summed E-state index contributed by atoms with van der Waals surface area (Å²) in [7, 11) is 0. The van der Waals surface area contributed by atoms with Crippen molar-refractivity contribution in [3.8, 4) is 0 Å². The first-order valence-corrected chi connectivity index (χ1v) is 5.72. The molecule has 0 N–H and O–H groups in total. The Kier molecular flexibility index (Phi) is 3.04. The monoisotopic (exact) mass is 226 g/mol. The molecule has 0 aromatic carbocycles. The van der Waals surface area contributed by atoms with Crippen molar-refractivity contribution >= 4 is 5.97 Å². The molecule has 0 saturated carbocycles. The number of rotatable bonds is 3. The summed E-state index contributed by atoms with van der Waals surface area (Å²) in [5, 5.41) is 0. The molecule has 1 heterocycles. The van der Waals surface area contributed by atoms with Crippen LogP contribution in [0.3, 0.4) is 0 Å². The van der Waals surface area contributed by atoms with Gasteiger partial charge in [0.1, 0.15) is 5.41 Å². The Morgan fingerprint density at radius 1 is 1.62 bits per heavy atom. The third-order valence-electron chi connectivity index (χ3n) is 3.17. The molecule has 1 fully saturated rings. The van der Waals surface area contributed by atoms with Gasteiger partial charge in [-0.15, -0.1) is 0 Å². The summed E-state index contributed by atoms with van der Waals surface area (Å²) < 4.78 is 16.1. The Morgan fingerprint density at radius 2 is 2.31 bits per heavy atom. The van der Waals surface area contributed by atoms with Crippen LogP contribution in [0.2, 0.25) is 0 Å². The topological polar surface area (TPSA) is 44.8 Å². The van der Waals surface area contributed by atoms with Crippen LogP contribution in [-0.2, 0) is 19.0 Å². The number of hydrogen-bond acceptors (Lipinski definition) is 4. The van der Waals surface area contributed by atoms with E-state index in [1.54, 1.807) is 0 Å². The number of allylic oxidation sites excluding steroid dienone is 2. The number of ether oxygens (including phenoxy) is 3. The normalized spacial score (nSPS) is 37.8. The van der Waals surface area contributed by atoms with E-state index in [1.165, 1.54) is 5.57 Å². The second kappa shape index (κ2) is 4.18. The van der Waals surface area contributed by atoms with Gasteiger partial charge in [0.15, 0.2) is 12.6 Å². The van der Waals surface area contributed by atoms with Crippen LogP contribution in [0.1, 0.15) is 33.6 Å². The smallest absolute Gasteiger partial charge is 0.317 e. The van der Waals surface area contributed by atoms with Crippen molar-refractivity contribution in [2.75, 3.05) is 6.61 Å². The molecule has 0 bridgehead atoms. The van der Waals surface area contributed by atoms with Gasteiger partial charge in [0, 0.05) is 0 Å². The van der Waals surface area contributed by atoms with E-state index in [4.69, 9.17) is 14.2 Å². The molecule has 1 aliphatic carbocycles. The molecule has 2 rings (SSSR count). The Balaban J connectivity index is 2.11. The molecule has 1 unspecified atom stereocenters. The predicted octanol–water partition coefficient (Wildman–Crippen LogP) is 1.99. The minimum absolute atomic E-state index is 0.208. The van der Waals surface area contributed by atoms with E-state index in [0.717, 1.165) is 0 Å². The van der Waals surface area contributed by atoms with Gasteiger partial charge >= 0.3 is 5.97 Å². The maximum absolute atomic E-state index is 12.0. The van der Waals surface area contributed by atoms with Gasteiger partial charge in [-0.05, 0) is 33.6 Å². The summed E-state index contributed by atoms with van der Waals surface area (Å²) in [5.74, 6) is -0.208. The predicted molar refractivity (Wildman–Crippen MR) is 57.5 cm³/mol. The third-order valence-corrected chi connectivity index (χ3v) is 3.17. The van der Waals surface area contributed by atoms with Crippen molar-refractivity contribution in [1.82, 2.24) is 0 Å². The second-order valence-electron chi connectivity index (χ2n) is 4.48. The number of carbonyl (C=O) groups is 1. The van der Waals surface area contributed by atoms with Crippen LogP contribution in [0.4, 0.5) is 0 Å². The molecule has 0 spiro atoms. The van der Waals surface area contributed by atoms with E-state index in [1.807, 2.05) is 20.8 Å². The quantitative estimate of drug-likeness (QED) is 0.545. The third kappa shape index (κ3) is 1.76. The highest BCUT2D eigenvalue weighted by molar-refractivity contribution is 5.79. The maximum atomic E-state index is 12.0. The van der Waals surface area contributed by atoms with Crippen LogP contribution in [-0.4, -0.2) is 25.2 Å². The molecule has 1 aliphatic heterocycles. The Bertz CT molecular complexity index is 317. The number of hydrogen-bond donors (Lipinski definition) is 0. The van der Waals surface area contributed by atoms with Crippen LogP contribution in [0, 0.1) is 5.41 Å². The highest BCUT2D eigenvalue weighted by Gasteiger charge is 2.54. The van der Waals surface area contributed by atoms with Crippen LogP contribution >= 0.6 is 0 Å². The molecule has 0 aromatic rings. The molecular formula is C12H18O4. The molecule has 0 aromatic heterocycles. The van der Waals surface area contributed by atoms with E-state index in [9.17, 15) is 4.79 Å². The van der Waals surface area contributed by atoms with E-state index in [0.29, 0.717) is 19.4 Å². The van der Waals surface area contributed by atoms with E-state index < -0.39 is 11.7 Å². The zero-order valence-electron chi connectivity index (χ0n) is 9.99. The van der Waals surface area contributed by atoms with Gasteiger partial charge < -0.3 is 14.2 Å². The molecule has 90 valence electrons. The van der Waals surface area contributed by atoms with Crippen molar-refractivity contribution in [3.05, 3.63) is 11.6 Å². The van der Waals surface area contributed by atoms with Crippen LogP contribution in [0.15, 0.2) is 11.6 Å². The lowest BCUT2D eigenvalue weighted by atomic mass is 9.83. The molecule has 0 amide bonds. The fraction of sp³-hybridized carbons (Fsp3) is 0.750. The van der Waals surface area contributed by atoms with Gasteiger partial charge in [-0.1, -0.05) is 11.6 Å². The number of esters is 1. The SMILES string of the molecule is CCOC(=O)C1(C2OC(C)O2)CC=C(C)C1. The Hall–Kier alpha value is -0.870. The largest absolute Gasteiger partial charge is 0.465 e. The van der Waals surface area contributed by atoms with E-state index in [2.05, 4.69) is 6.08 Å². The summed E-state index contributed by atoms with van der Waals surface area (Å²) in [6.45, 7) is 6.04. The van der Waals surface area contributed by atoms with Crippen molar-refractivity contribution in [2.45, 2.75) is 46.2 Å². The van der Waals surface area contributed by atoms with Crippen molar-refractivity contribution in [1.29, 1.82) is 0 Å². The van der Waals surface area contributed by atoms with Gasteiger partial charge in [0.25, 0.3) is 0 Å². The minimum Gasteiger partial charge on any atom is -0.465 e. The summed E-state index contributed by atoms with van der Waals surface area (Å²) in [6, 6.07) is 0. The van der Waals surface area contributed by atoms with Crippen LogP contribution in [0.25, 0.3) is 0 Å². The van der Waals surface area contributed by atoms with E-state index >= 15 is 0 Å². The lowest BCUT2D eigenvalue weighted by Crippen LogP contribution is -2.54. The first-order chi connectivity index (χ1) is 7.58. The Labute approximate surface area is 95.6 Å². The zero-order chi connectivity index (χ0) is 11.8. The highest BCUT2D eigenvalue weighted by atomic mass is 16.9. The van der Waals surface area contributed by atoms with Gasteiger partial charge in [-0.3, -0.25) is 4.79 Å². The summed E-state index contributed by atoms with van der Waals surface area (Å²) in [6.07, 6.45) is 2.72. The van der Waals surface area contributed by atoms with Crippen molar-refractivity contribution in [3.63, 3.8) is 0 Å². The summed E-state index contributed by atoms with van der Waals surface area (Å²) in [5.41, 5.74) is 0.548.